The molecule has 2 saturated heterocycles. The molecular weight excluding hydrogens is 462 g/mol. The first-order valence-corrected chi connectivity index (χ1v) is 13.6. The van der Waals surface area contributed by atoms with E-state index < -0.39 is 0 Å². The summed E-state index contributed by atoms with van der Waals surface area (Å²) in [5, 5.41) is 10.1. The third-order valence-electron chi connectivity index (χ3n) is 8.52. The highest BCUT2D eigenvalue weighted by Crippen LogP contribution is 2.51. The van der Waals surface area contributed by atoms with Gasteiger partial charge in [0.05, 0.1) is 30.2 Å². The summed E-state index contributed by atoms with van der Waals surface area (Å²) in [4.78, 5) is 28.4. The van der Waals surface area contributed by atoms with Crippen molar-refractivity contribution in [3.8, 4) is 5.75 Å². The van der Waals surface area contributed by atoms with Crippen molar-refractivity contribution >= 4 is 23.6 Å². The highest BCUT2D eigenvalue weighted by Gasteiger charge is 2.57. The van der Waals surface area contributed by atoms with Crippen molar-refractivity contribution in [1.29, 1.82) is 0 Å². The molecule has 5 heteroatoms. The van der Waals surface area contributed by atoms with Crippen molar-refractivity contribution in [3.05, 3.63) is 75.9 Å². The molecule has 2 heterocycles. The average molecular weight is 500 g/mol. The van der Waals surface area contributed by atoms with Crippen LogP contribution in [0.3, 0.4) is 0 Å². The summed E-state index contributed by atoms with van der Waals surface area (Å²) < 4.78 is 6.36. The quantitative estimate of drug-likeness (QED) is 0.348. The van der Waals surface area contributed by atoms with Crippen LogP contribution in [0.5, 0.6) is 5.75 Å². The molecule has 5 nitrogen and oxygen atoms in total. The third-order valence-corrected chi connectivity index (χ3v) is 8.52. The second-order valence-electron chi connectivity index (χ2n) is 10.7. The molecule has 2 fully saturated rings. The number of nitrogens with zero attached hydrogens (tertiary/aromatic N) is 1. The standard InChI is InChI=1S/C32H37NO4/c1-5-21(16-22-14-19(3)30(34)20(4)15-22)12-13-27-28-23(6-2)17-25-29(26(28)18-37-27)32(36)33(31(25)35)24-10-8-7-9-11-24/h7-11,14-16,25-27,29,34H,5-6,12-13,17-18H2,1-4H3/b21-16+/t25-,26+,27-,29-/m1/s1. The minimum absolute atomic E-state index is 0.00665. The van der Waals surface area contributed by atoms with E-state index in [9.17, 15) is 14.7 Å². The maximum Gasteiger partial charge on any atom is 0.238 e. The molecule has 0 bridgehead atoms. The van der Waals surface area contributed by atoms with E-state index in [2.05, 4.69) is 19.9 Å². The topological polar surface area (TPSA) is 66.8 Å². The van der Waals surface area contributed by atoms with Gasteiger partial charge >= 0.3 is 0 Å². The lowest BCUT2D eigenvalue weighted by Crippen LogP contribution is -2.34. The lowest BCUT2D eigenvalue weighted by molar-refractivity contribution is -0.122. The van der Waals surface area contributed by atoms with E-state index in [0.717, 1.165) is 42.4 Å². The van der Waals surface area contributed by atoms with Gasteiger partial charge in [-0.1, -0.05) is 49.3 Å². The summed E-state index contributed by atoms with van der Waals surface area (Å²) in [7, 11) is 0. The van der Waals surface area contributed by atoms with Crippen LogP contribution in [0.4, 0.5) is 5.69 Å². The van der Waals surface area contributed by atoms with Crippen LogP contribution in [-0.2, 0) is 14.3 Å². The van der Waals surface area contributed by atoms with E-state index in [-0.39, 0.29) is 35.7 Å². The number of allylic oxidation sites excluding steroid dienone is 2. The van der Waals surface area contributed by atoms with Crippen molar-refractivity contribution < 1.29 is 19.4 Å². The van der Waals surface area contributed by atoms with Gasteiger partial charge < -0.3 is 9.84 Å². The lowest BCUT2D eigenvalue weighted by Gasteiger charge is -2.31. The van der Waals surface area contributed by atoms with E-state index in [4.69, 9.17) is 4.74 Å². The minimum atomic E-state index is -0.327. The normalized spacial score (nSPS) is 25.6. The van der Waals surface area contributed by atoms with Crippen LogP contribution in [0, 0.1) is 31.6 Å². The van der Waals surface area contributed by atoms with E-state index in [1.807, 2.05) is 56.3 Å². The Morgan fingerprint density at radius 1 is 1.05 bits per heavy atom. The zero-order valence-corrected chi connectivity index (χ0v) is 22.3. The van der Waals surface area contributed by atoms with Crippen LogP contribution in [0.15, 0.2) is 59.2 Å². The summed E-state index contributed by atoms with van der Waals surface area (Å²) in [6.07, 6.45) is 6.48. The maximum absolute atomic E-state index is 13.6. The molecule has 194 valence electrons. The van der Waals surface area contributed by atoms with Gasteiger partial charge in [0.25, 0.3) is 0 Å². The van der Waals surface area contributed by atoms with Gasteiger partial charge in [0.2, 0.25) is 11.8 Å². The van der Waals surface area contributed by atoms with Crippen molar-refractivity contribution in [2.45, 2.75) is 65.9 Å². The number of fused-ring (bicyclic) bond motifs is 3. The Hall–Kier alpha value is -3.18. The number of phenolic OH excluding ortho intramolecular Hbond substituents is 1. The number of aromatic hydroxyl groups is 1. The summed E-state index contributed by atoms with van der Waals surface area (Å²) >= 11 is 0. The number of para-hydroxylation sites is 1. The number of anilines is 1. The number of amides is 2. The number of hydrogen-bond acceptors (Lipinski definition) is 4. The average Bonchev–Trinajstić information content (AvgIpc) is 3.43. The number of phenols is 1. The van der Waals surface area contributed by atoms with Gasteiger partial charge in [-0.2, -0.15) is 0 Å². The molecule has 0 spiro atoms. The van der Waals surface area contributed by atoms with Crippen LogP contribution >= 0.6 is 0 Å². The Bertz CT molecular complexity index is 1250. The van der Waals surface area contributed by atoms with Gasteiger partial charge in [0, 0.05) is 5.92 Å². The summed E-state index contributed by atoms with van der Waals surface area (Å²) in [6.45, 7) is 8.70. The smallest absolute Gasteiger partial charge is 0.238 e. The van der Waals surface area contributed by atoms with Gasteiger partial charge in [0.15, 0.2) is 0 Å². The first kappa shape index (κ1) is 25.5. The number of benzene rings is 2. The van der Waals surface area contributed by atoms with E-state index in [1.54, 1.807) is 0 Å². The maximum atomic E-state index is 13.6. The molecule has 0 aromatic heterocycles. The zero-order chi connectivity index (χ0) is 26.3. The molecule has 2 aliphatic heterocycles. The van der Waals surface area contributed by atoms with Crippen molar-refractivity contribution in [2.75, 3.05) is 11.5 Å². The molecule has 4 atom stereocenters. The van der Waals surface area contributed by atoms with Crippen LogP contribution < -0.4 is 4.90 Å². The molecule has 2 aromatic carbocycles. The second kappa shape index (κ2) is 10.3. The number of rotatable bonds is 7. The highest BCUT2D eigenvalue weighted by molar-refractivity contribution is 6.22. The van der Waals surface area contributed by atoms with Gasteiger partial charge in [0.1, 0.15) is 5.75 Å². The Morgan fingerprint density at radius 3 is 2.41 bits per heavy atom. The molecule has 37 heavy (non-hydrogen) atoms. The van der Waals surface area contributed by atoms with Crippen LogP contribution in [0.2, 0.25) is 0 Å². The second-order valence-corrected chi connectivity index (χ2v) is 10.7. The molecule has 1 aliphatic carbocycles. The van der Waals surface area contributed by atoms with E-state index in [1.165, 1.54) is 21.6 Å². The molecular formula is C32H37NO4. The molecule has 2 aromatic rings. The fourth-order valence-electron chi connectivity index (χ4n) is 6.62. The van der Waals surface area contributed by atoms with Gasteiger partial charge in [-0.25, -0.2) is 0 Å². The molecule has 5 rings (SSSR count). The van der Waals surface area contributed by atoms with Crippen LogP contribution in [0.25, 0.3) is 6.08 Å². The molecule has 0 radical (unpaired) electrons. The predicted molar refractivity (Wildman–Crippen MR) is 146 cm³/mol. The fraction of sp³-hybridized carbons (Fsp3) is 0.438. The van der Waals surface area contributed by atoms with Crippen molar-refractivity contribution in [1.82, 2.24) is 0 Å². The van der Waals surface area contributed by atoms with Crippen molar-refractivity contribution in [3.63, 3.8) is 0 Å². The molecule has 0 saturated carbocycles. The number of imide groups is 1. The number of carbonyl (C=O) groups is 2. The third kappa shape index (κ3) is 4.54. The largest absolute Gasteiger partial charge is 0.507 e. The molecule has 0 unspecified atom stereocenters. The summed E-state index contributed by atoms with van der Waals surface area (Å²) in [5.74, 6) is -0.403. The van der Waals surface area contributed by atoms with Crippen LogP contribution in [-0.4, -0.2) is 29.6 Å². The fourth-order valence-corrected chi connectivity index (χ4v) is 6.62. The Labute approximate surface area is 219 Å². The molecule has 3 aliphatic rings. The molecule has 1 N–H and O–H groups in total. The minimum Gasteiger partial charge on any atom is -0.507 e. The highest BCUT2D eigenvalue weighted by atomic mass is 16.5. The summed E-state index contributed by atoms with van der Waals surface area (Å²) in [6, 6.07) is 13.4. The first-order chi connectivity index (χ1) is 17.8. The number of aryl methyl sites for hydroxylation is 2. The van der Waals surface area contributed by atoms with Crippen LogP contribution in [0.1, 0.15) is 62.6 Å². The lowest BCUT2D eigenvalue weighted by atomic mass is 9.69. The Morgan fingerprint density at radius 2 is 1.76 bits per heavy atom. The summed E-state index contributed by atoms with van der Waals surface area (Å²) in [5.41, 5.74) is 7.48. The van der Waals surface area contributed by atoms with Gasteiger partial charge in [-0.05, 0) is 92.5 Å². The monoisotopic (exact) mass is 499 g/mol. The van der Waals surface area contributed by atoms with E-state index in [0.29, 0.717) is 24.5 Å². The predicted octanol–water partition coefficient (Wildman–Crippen LogP) is 6.51. The Balaban J connectivity index is 1.36. The van der Waals surface area contributed by atoms with Crippen molar-refractivity contribution in [2.24, 2.45) is 17.8 Å². The number of carbonyl (C=O) groups excluding carboxylic acids is 2. The van der Waals surface area contributed by atoms with Gasteiger partial charge in [-0.3, -0.25) is 14.5 Å². The number of hydrogen-bond donors (Lipinski definition) is 1. The van der Waals surface area contributed by atoms with Gasteiger partial charge in [-0.15, -0.1) is 0 Å². The number of ether oxygens (including phenoxy) is 1. The first-order valence-electron chi connectivity index (χ1n) is 13.6. The SMILES string of the molecule is CCC1=C2[C@@H](CC/C(=C/c3cc(C)c(O)c(C)c3)CC)OC[C@@H]2[C@@H]2C(=O)N(c3ccccc3)C(=O)[C@@H]2C1. The molecule has 2 amide bonds. The zero-order valence-electron chi connectivity index (χ0n) is 22.3. The Kier molecular flexibility index (Phi) is 7.09. The van der Waals surface area contributed by atoms with E-state index >= 15 is 0 Å².